The van der Waals surface area contributed by atoms with Gasteiger partial charge in [-0.3, -0.25) is 0 Å². The van der Waals surface area contributed by atoms with Crippen molar-refractivity contribution in [3.05, 3.63) is 59.3 Å². The maximum Gasteiger partial charge on any atom is 0.136 e. The van der Waals surface area contributed by atoms with Gasteiger partial charge in [-0.2, -0.15) is 0 Å². The summed E-state index contributed by atoms with van der Waals surface area (Å²) in [7, 11) is 0. The number of hydrogen-bond donors (Lipinski definition) is 3. The SMILES string of the molecule is Cc1ccc([C@](C)(O)CNC2CCC(O)(c3cccc(F)c3)CC2)o1. The third-order valence-corrected chi connectivity index (χ3v) is 5.18. The standard InChI is InChI=1S/C20H26FNO3/c1-14-6-7-18(25-14)19(2,23)13-22-17-8-10-20(24,11-9-17)15-4-3-5-16(21)12-15/h3-7,12,17,22-24H,8-11,13H2,1-2H3/t17?,19-,20?/m1/s1. The smallest absolute Gasteiger partial charge is 0.136 e. The number of aliphatic hydroxyl groups is 2. The lowest BCUT2D eigenvalue weighted by Gasteiger charge is -2.37. The summed E-state index contributed by atoms with van der Waals surface area (Å²) < 4.78 is 18.9. The van der Waals surface area contributed by atoms with E-state index in [1.807, 2.05) is 13.0 Å². The molecule has 25 heavy (non-hydrogen) atoms. The lowest BCUT2D eigenvalue weighted by atomic mass is 9.77. The summed E-state index contributed by atoms with van der Waals surface area (Å²) >= 11 is 0. The monoisotopic (exact) mass is 347 g/mol. The Bertz CT molecular complexity index is 717. The van der Waals surface area contributed by atoms with Gasteiger partial charge in [0.05, 0.1) is 5.60 Å². The molecular formula is C20H26FNO3. The van der Waals surface area contributed by atoms with Crippen LogP contribution in [0.5, 0.6) is 0 Å². The topological polar surface area (TPSA) is 65.6 Å². The van der Waals surface area contributed by atoms with Crippen molar-refractivity contribution in [3.63, 3.8) is 0 Å². The van der Waals surface area contributed by atoms with Gasteiger partial charge in [-0.15, -0.1) is 0 Å². The van der Waals surface area contributed by atoms with Gasteiger partial charge >= 0.3 is 0 Å². The number of rotatable bonds is 5. The highest BCUT2D eigenvalue weighted by molar-refractivity contribution is 5.24. The highest BCUT2D eigenvalue weighted by Crippen LogP contribution is 2.37. The van der Waals surface area contributed by atoms with Gasteiger partial charge in [-0.1, -0.05) is 12.1 Å². The molecule has 1 aliphatic rings. The van der Waals surface area contributed by atoms with Crippen molar-refractivity contribution in [1.29, 1.82) is 0 Å². The molecule has 1 fully saturated rings. The molecule has 1 aliphatic carbocycles. The second-order valence-electron chi connectivity index (χ2n) is 7.38. The van der Waals surface area contributed by atoms with Gasteiger partial charge < -0.3 is 19.9 Å². The molecule has 1 aromatic heterocycles. The van der Waals surface area contributed by atoms with Crippen LogP contribution in [0.4, 0.5) is 4.39 Å². The molecule has 4 nitrogen and oxygen atoms in total. The van der Waals surface area contributed by atoms with Crippen LogP contribution in [-0.4, -0.2) is 22.8 Å². The quantitative estimate of drug-likeness (QED) is 0.776. The van der Waals surface area contributed by atoms with Crippen LogP contribution in [0, 0.1) is 12.7 Å². The summed E-state index contributed by atoms with van der Waals surface area (Å²) in [6, 6.07) is 10.0. The van der Waals surface area contributed by atoms with Crippen molar-refractivity contribution < 1.29 is 19.0 Å². The Morgan fingerprint density at radius 3 is 2.60 bits per heavy atom. The molecule has 0 amide bonds. The zero-order valence-corrected chi connectivity index (χ0v) is 14.8. The second kappa shape index (κ2) is 6.90. The molecule has 1 aromatic carbocycles. The maximum atomic E-state index is 13.4. The van der Waals surface area contributed by atoms with Crippen LogP contribution in [0.25, 0.3) is 0 Å². The van der Waals surface area contributed by atoms with Crippen LogP contribution in [0.3, 0.4) is 0 Å². The number of halogens is 1. The van der Waals surface area contributed by atoms with Gasteiger partial charge in [0, 0.05) is 12.6 Å². The van der Waals surface area contributed by atoms with Crippen LogP contribution in [0.1, 0.15) is 49.7 Å². The van der Waals surface area contributed by atoms with Crippen LogP contribution >= 0.6 is 0 Å². The zero-order valence-electron chi connectivity index (χ0n) is 14.8. The molecule has 1 saturated carbocycles. The Hall–Kier alpha value is -1.69. The summed E-state index contributed by atoms with van der Waals surface area (Å²) in [4.78, 5) is 0. The van der Waals surface area contributed by atoms with Gasteiger partial charge in [-0.25, -0.2) is 4.39 Å². The third-order valence-electron chi connectivity index (χ3n) is 5.18. The normalized spacial score (nSPS) is 26.4. The summed E-state index contributed by atoms with van der Waals surface area (Å²) in [5, 5.41) is 24.8. The molecule has 0 unspecified atom stereocenters. The fourth-order valence-electron chi connectivity index (χ4n) is 3.52. The Morgan fingerprint density at radius 2 is 2.00 bits per heavy atom. The Morgan fingerprint density at radius 1 is 1.28 bits per heavy atom. The minimum Gasteiger partial charge on any atom is -0.463 e. The summed E-state index contributed by atoms with van der Waals surface area (Å²) in [6.45, 7) is 3.95. The zero-order chi connectivity index (χ0) is 18.1. The van der Waals surface area contributed by atoms with Crippen molar-refractivity contribution in [3.8, 4) is 0 Å². The van der Waals surface area contributed by atoms with Crippen LogP contribution < -0.4 is 5.32 Å². The van der Waals surface area contributed by atoms with Crippen molar-refractivity contribution in [2.45, 2.75) is 56.8 Å². The van der Waals surface area contributed by atoms with E-state index in [0.29, 0.717) is 30.7 Å². The molecule has 0 bridgehead atoms. The highest BCUT2D eigenvalue weighted by Gasteiger charge is 2.36. The molecule has 0 aliphatic heterocycles. The van der Waals surface area contributed by atoms with Crippen LogP contribution in [0.15, 0.2) is 40.8 Å². The molecule has 5 heteroatoms. The molecule has 2 aromatic rings. The lowest BCUT2D eigenvalue weighted by molar-refractivity contribution is -0.0144. The van der Waals surface area contributed by atoms with Gasteiger partial charge in [0.1, 0.15) is 22.9 Å². The molecule has 0 radical (unpaired) electrons. The number of furan rings is 1. The minimum atomic E-state index is -1.08. The van der Waals surface area contributed by atoms with Gasteiger partial charge in [-0.05, 0) is 69.4 Å². The molecule has 0 saturated heterocycles. The summed E-state index contributed by atoms with van der Waals surface area (Å²) in [5.74, 6) is 0.994. The Balaban J connectivity index is 1.56. The Kier molecular flexibility index (Phi) is 5.00. The van der Waals surface area contributed by atoms with E-state index in [1.165, 1.54) is 12.1 Å². The van der Waals surface area contributed by atoms with E-state index in [-0.39, 0.29) is 11.9 Å². The molecule has 3 rings (SSSR count). The first kappa shape index (κ1) is 18.1. The molecule has 1 heterocycles. The predicted molar refractivity (Wildman–Crippen MR) is 93.6 cm³/mol. The number of nitrogens with one attached hydrogen (secondary N) is 1. The van der Waals surface area contributed by atoms with Crippen molar-refractivity contribution in [2.24, 2.45) is 0 Å². The fraction of sp³-hybridized carbons (Fsp3) is 0.500. The van der Waals surface area contributed by atoms with Crippen molar-refractivity contribution in [2.75, 3.05) is 6.54 Å². The number of benzene rings is 1. The van der Waals surface area contributed by atoms with Crippen LogP contribution in [-0.2, 0) is 11.2 Å². The van der Waals surface area contributed by atoms with Gasteiger partial charge in [0.2, 0.25) is 0 Å². The van der Waals surface area contributed by atoms with Crippen LogP contribution in [0.2, 0.25) is 0 Å². The highest BCUT2D eigenvalue weighted by atomic mass is 19.1. The van der Waals surface area contributed by atoms with E-state index in [1.54, 1.807) is 25.1 Å². The predicted octanol–water partition coefficient (Wildman–Crippen LogP) is 3.35. The lowest BCUT2D eigenvalue weighted by Crippen LogP contribution is -2.44. The molecular weight excluding hydrogens is 321 g/mol. The number of hydrogen-bond acceptors (Lipinski definition) is 4. The average molecular weight is 347 g/mol. The van der Waals surface area contributed by atoms with Crippen molar-refractivity contribution in [1.82, 2.24) is 5.32 Å². The Labute approximate surface area is 147 Å². The fourth-order valence-corrected chi connectivity index (χ4v) is 3.52. The first-order valence-electron chi connectivity index (χ1n) is 8.80. The molecule has 3 N–H and O–H groups in total. The first-order chi connectivity index (χ1) is 11.8. The summed E-state index contributed by atoms with van der Waals surface area (Å²) in [6.07, 6.45) is 2.66. The molecule has 136 valence electrons. The molecule has 0 spiro atoms. The first-order valence-corrected chi connectivity index (χ1v) is 8.80. The van der Waals surface area contributed by atoms with E-state index in [2.05, 4.69) is 5.32 Å². The van der Waals surface area contributed by atoms with Gasteiger partial charge in [0.25, 0.3) is 0 Å². The molecule has 1 atom stereocenters. The summed E-state index contributed by atoms with van der Waals surface area (Å²) in [5.41, 5.74) is -1.41. The van der Waals surface area contributed by atoms with E-state index in [4.69, 9.17) is 4.42 Å². The van der Waals surface area contributed by atoms with E-state index in [0.717, 1.165) is 18.6 Å². The van der Waals surface area contributed by atoms with Crippen molar-refractivity contribution >= 4 is 0 Å². The van der Waals surface area contributed by atoms with E-state index in [9.17, 15) is 14.6 Å². The van der Waals surface area contributed by atoms with Gasteiger partial charge in [0.15, 0.2) is 0 Å². The average Bonchev–Trinajstić information content (AvgIpc) is 3.02. The van der Waals surface area contributed by atoms with E-state index >= 15 is 0 Å². The largest absolute Gasteiger partial charge is 0.463 e. The third kappa shape index (κ3) is 4.11. The van der Waals surface area contributed by atoms with E-state index < -0.39 is 11.2 Å². The minimum absolute atomic E-state index is 0.205. The number of aryl methyl sites for hydroxylation is 1. The second-order valence-corrected chi connectivity index (χ2v) is 7.38. The maximum absolute atomic E-state index is 13.4.